The summed E-state index contributed by atoms with van der Waals surface area (Å²) in [4.78, 5) is 11.1. The van der Waals surface area contributed by atoms with Crippen LogP contribution in [0.3, 0.4) is 0 Å². The third-order valence-electron chi connectivity index (χ3n) is 3.87. The maximum Gasteiger partial charge on any atom is 0.239 e. The smallest absolute Gasteiger partial charge is 0.239 e. The van der Waals surface area contributed by atoms with E-state index in [-0.39, 0.29) is 12.0 Å². The highest BCUT2D eigenvalue weighted by Gasteiger charge is 2.26. The molecular weight excluding hydrogens is 254 g/mol. The number of nitrogens with two attached hydrogens (primary N) is 1. The predicted molar refractivity (Wildman–Crippen MR) is 79.3 cm³/mol. The van der Waals surface area contributed by atoms with E-state index in [4.69, 9.17) is 5.84 Å². The first-order valence-electron chi connectivity index (χ1n) is 6.85. The van der Waals surface area contributed by atoms with Gasteiger partial charge < -0.3 is 10.0 Å². The van der Waals surface area contributed by atoms with Crippen molar-refractivity contribution in [3.8, 4) is 0 Å². The number of nitrogen functional groups attached to an aromatic ring is 1. The molecule has 106 valence electrons. The first kappa shape index (κ1) is 13.1. The van der Waals surface area contributed by atoms with E-state index in [9.17, 15) is 5.11 Å². The molecule has 2 heterocycles. The zero-order valence-electron chi connectivity index (χ0n) is 11.5. The number of aliphatic hydroxyl groups excluding tert-OH is 1. The van der Waals surface area contributed by atoms with Crippen LogP contribution in [0.5, 0.6) is 0 Å². The lowest BCUT2D eigenvalue weighted by Crippen LogP contribution is -2.42. The van der Waals surface area contributed by atoms with Gasteiger partial charge in [-0.05, 0) is 24.5 Å². The van der Waals surface area contributed by atoms with Crippen LogP contribution in [0.15, 0.2) is 24.3 Å². The highest BCUT2D eigenvalue weighted by Crippen LogP contribution is 2.28. The van der Waals surface area contributed by atoms with Gasteiger partial charge in [0.25, 0.3) is 0 Å². The Morgan fingerprint density at radius 3 is 2.90 bits per heavy atom. The predicted octanol–water partition coefficient (Wildman–Crippen LogP) is 1.12. The summed E-state index contributed by atoms with van der Waals surface area (Å²) in [7, 11) is 0. The van der Waals surface area contributed by atoms with Crippen molar-refractivity contribution in [2.75, 3.05) is 23.4 Å². The molecule has 0 bridgehead atoms. The Kier molecular flexibility index (Phi) is 3.42. The first-order valence-corrected chi connectivity index (χ1v) is 6.85. The average Bonchev–Trinajstić information content (AvgIpc) is 2.49. The zero-order chi connectivity index (χ0) is 14.1. The van der Waals surface area contributed by atoms with Crippen molar-refractivity contribution in [3.05, 3.63) is 24.3 Å². The van der Waals surface area contributed by atoms with E-state index in [1.165, 1.54) is 0 Å². The number of nitrogens with zero attached hydrogens (tertiary/aromatic N) is 3. The number of benzene rings is 1. The van der Waals surface area contributed by atoms with Gasteiger partial charge >= 0.3 is 0 Å². The Morgan fingerprint density at radius 2 is 2.15 bits per heavy atom. The maximum atomic E-state index is 9.86. The molecular formula is C14H19N5O. The molecule has 0 spiro atoms. The summed E-state index contributed by atoms with van der Waals surface area (Å²) in [6.45, 7) is 3.63. The van der Waals surface area contributed by atoms with Crippen LogP contribution < -0.4 is 16.2 Å². The molecule has 1 aromatic heterocycles. The standard InChI is InChI=1S/C14H19N5O/c1-9-8-19(7-6-12(9)20)13-10-4-2-3-5-11(10)16-14(17-13)18-15/h2-5,9,12,20H,6-8,15H2,1H3,(H,16,17,18). The van der Waals surface area contributed by atoms with Crippen molar-refractivity contribution in [1.82, 2.24) is 9.97 Å². The summed E-state index contributed by atoms with van der Waals surface area (Å²) >= 11 is 0. The third-order valence-corrected chi connectivity index (χ3v) is 3.87. The molecule has 1 saturated heterocycles. The number of hydrazine groups is 1. The van der Waals surface area contributed by atoms with Gasteiger partial charge in [-0.3, -0.25) is 5.43 Å². The van der Waals surface area contributed by atoms with E-state index < -0.39 is 0 Å². The van der Waals surface area contributed by atoms with Crippen LogP contribution in [-0.2, 0) is 0 Å². The highest BCUT2D eigenvalue weighted by molar-refractivity contribution is 5.90. The Bertz CT molecular complexity index is 618. The second-order valence-electron chi connectivity index (χ2n) is 5.31. The van der Waals surface area contributed by atoms with Crippen molar-refractivity contribution in [1.29, 1.82) is 0 Å². The van der Waals surface area contributed by atoms with Crippen LogP contribution in [0.1, 0.15) is 13.3 Å². The van der Waals surface area contributed by atoms with Crippen molar-refractivity contribution < 1.29 is 5.11 Å². The van der Waals surface area contributed by atoms with E-state index in [1.807, 2.05) is 24.3 Å². The number of hydrogen-bond donors (Lipinski definition) is 3. The summed E-state index contributed by atoms with van der Waals surface area (Å²) in [5.74, 6) is 6.98. The van der Waals surface area contributed by atoms with Gasteiger partial charge in [-0.2, -0.15) is 4.98 Å². The van der Waals surface area contributed by atoms with E-state index in [1.54, 1.807) is 0 Å². The van der Waals surface area contributed by atoms with Gasteiger partial charge in [0, 0.05) is 18.5 Å². The number of anilines is 2. The molecule has 1 fully saturated rings. The van der Waals surface area contributed by atoms with Gasteiger partial charge in [0.2, 0.25) is 5.95 Å². The number of hydrogen-bond acceptors (Lipinski definition) is 6. The fraction of sp³-hybridized carbons (Fsp3) is 0.429. The Balaban J connectivity index is 2.05. The average molecular weight is 273 g/mol. The molecule has 0 radical (unpaired) electrons. The SMILES string of the molecule is CC1CN(c2nc(NN)nc3ccccc23)CCC1O. The number of piperidine rings is 1. The quantitative estimate of drug-likeness (QED) is 0.561. The molecule has 1 aliphatic heterocycles. The molecule has 20 heavy (non-hydrogen) atoms. The van der Waals surface area contributed by atoms with Gasteiger partial charge in [0.05, 0.1) is 11.6 Å². The van der Waals surface area contributed by atoms with Crippen LogP contribution in [0, 0.1) is 5.92 Å². The van der Waals surface area contributed by atoms with Crippen molar-refractivity contribution in [3.63, 3.8) is 0 Å². The number of nitrogens with one attached hydrogen (secondary N) is 1. The van der Waals surface area contributed by atoms with Crippen LogP contribution in [-0.4, -0.2) is 34.3 Å². The fourth-order valence-corrected chi connectivity index (χ4v) is 2.69. The molecule has 2 atom stereocenters. The van der Waals surface area contributed by atoms with E-state index in [0.717, 1.165) is 36.2 Å². The number of rotatable bonds is 2. The van der Waals surface area contributed by atoms with Gasteiger partial charge in [-0.15, -0.1) is 0 Å². The summed E-state index contributed by atoms with van der Waals surface area (Å²) in [5.41, 5.74) is 3.39. The lowest BCUT2D eigenvalue weighted by molar-refractivity contribution is 0.0970. The van der Waals surface area contributed by atoms with Crippen molar-refractivity contribution in [2.45, 2.75) is 19.4 Å². The van der Waals surface area contributed by atoms with Crippen molar-refractivity contribution >= 4 is 22.7 Å². The van der Waals surface area contributed by atoms with Crippen LogP contribution in [0.2, 0.25) is 0 Å². The monoisotopic (exact) mass is 273 g/mol. The summed E-state index contributed by atoms with van der Waals surface area (Å²) in [6, 6.07) is 7.89. The molecule has 1 aliphatic rings. The minimum Gasteiger partial charge on any atom is -0.393 e. The topological polar surface area (TPSA) is 87.3 Å². The van der Waals surface area contributed by atoms with Crippen molar-refractivity contribution in [2.24, 2.45) is 11.8 Å². The van der Waals surface area contributed by atoms with Gasteiger partial charge in [-0.25, -0.2) is 10.8 Å². The molecule has 0 saturated carbocycles. The summed E-state index contributed by atoms with van der Waals surface area (Å²) in [5, 5.41) is 10.9. The number of aromatic nitrogens is 2. The Labute approximate surface area is 117 Å². The lowest BCUT2D eigenvalue weighted by Gasteiger charge is -2.35. The van der Waals surface area contributed by atoms with Crippen LogP contribution >= 0.6 is 0 Å². The fourth-order valence-electron chi connectivity index (χ4n) is 2.69. The molecule has 3 rings (SSSR count). The second-order valence-corrected chi connectivity index (χ2v) is 5.31. The normalized spacial score (nSPS) is 23.1. The van der Waals surface area contributed by atoms with E-state index in [0.29, 0.717) is 5.95 Å². The third kappa shape index (κ3) is 2.28. The Morgan fingerprint density at radius 1 is 1.35 bits per heavy atom. The lowest BCUT2D eigenvalue weighted by atomic mass is 9.96. The molecule has 1 aromatic carbocycles. The van der Waals surface area contributed by atoms with Crippen LogP contribution in [0.4, 0.5) is 11.8 Å². The highest BCUT2D eigenvalue weighted by atomic mass is 16.3. The zero-order valence-corrected chi connectivity index (χ0v) is 11.5. The molecule has 0 aliphatic carbocycles. The molecule has 2 unspecified atom stereocenters. The van der Waals surface area contributed by atoms with Gasteiger partial charge in [-0.1, -0.05) is 19.1 Å². The Hall–Kier alpha value is -1.92. The van der Waals surface area contributed by atoms with Gasteiger partial charge in [0.15, 0.2) is 0 Å². The second kappa shape index (κ2) is 5.22. The number of para-hydroxylation sites is 1. The van der Waals surface area contributed by atoms with Crippen LogP contribution in [0.25, 0.3) is 10.9 Å². The van der Waals surface area contributed by atoms with E-state index in [2.05, 4.69) is 27.2 Å². The molecule has 6 nitrogen and oxygen atoms in total. The maximum absolute atomic E-state index is 9.86. The minimum atomic E-state index is -0.230. The first-order chi connectivity index (χ1) is 9.69. The number of aliphatic hydroxyl groups is 1. The van der Waals surface area contributed by atoms with E-state index >= 15 is 0 Å². The molecule has 0 amide bonds. The number of fused-ring (bicyclic) bond motifs is 1. The van der Waals surface area contributed by atoms with Gasteiger partial charge in [0.1, 0.15) is 5.82 Å². The molecule has 4 N–H and O–H groups in total. The summed E-state index contributed by atoms with van der Waals surface area (Å²) in [6.07, 6.45) is 0.525. The minimum absolute atomic E-state index is 0.228. The largest absolute Gasteiger partial charge is 0.393 e. The molecule has 6 heteroatoms. The molecule has 2 aromatic rings. The summed E-state index contributed by atoms with van der Waals surface area (Å²) < 4.78 is 0.